The van der Waals surface area contributed by atoms with Gasteiger partial charge in [0.05, 0.1) is 22.2 Å². The van der Waals surface area contributed by atoms with E-state index >= 15 is 0 Å². The van der Waals surface area contributed by atoms with Crippen LogP contribution in [0.1, 0.15) is 15.9 Å². The molecule has 2 aromatic carbocycles. The lowest BCUT2D eigenvalue weighted by Gasteiger charge is -2.07. The summed E-state index contributed by atoms with van der Waals surface area (Å²) in [6, 6.07) is 10.1. The van der Waals surface area contributed by atoms with E-state index in [-0.39, 0.29) is 11.1 Å². The summed E-state index contributed by atoms with van der Waals surface area (Å²) in [6.07, 6.45) is 0. The normalized spacial score (nSPS) is 11.3. The molecule has 0 aliphatic rings. The minimum atomic E-state index is -0.643. The largest absolute Gasteiger partial charge is 0.321 e. The number of hydrogen-bond acceptors (Lipinski definition) is 3. The maximum atomic E-state index is 13.0. The lowest BCUT2D eigenvalue weighted by molar-refractivity contribution is 0.103. The molecule has 0 bridgehead atoms. The lowest BCUT2D eigenvalue weighted by Crippen LogP contribution is -2.24. The maximum Gasteiger partial charge on any atom is 0.259 e. The van der Waals surface area contributed by atoms with Crippen LogP contribution in [0.25, 0.3) is 21.8 Å². The summed E-state index contributed by atoms with van der Waals surface area (Å²) >= 11 is 13.6. The van der Waals surface area contributed by atoms with Crippen molar-refractivity contribution in [3.8, 4) is 0 Å². The van der Waals surface area contributed by atoms with Gasteiger partial charge in [0.2, 0.25) is 5.78 Å². The lowest BCUT2D eigenvalue weighted by atomic mass is 10.0. The van der Waals surface area contributed by atoms with Crippen molar-refractivity contribution in [3.05, 3.63) is 86.1 Å². The summed E-state index contributed by atoms with van der Waals surface area (Å²) < 4.78 is 2.98. The first-order valence-electron chi connectivity index (χ1n) is 7.83. The van der Waals surface area contributed by atoms with Gasteiger partial charge in [0.1, 0.15) is 0 Å². The Kier molecular flexibility index (Phi) is 5.20. The molecule has 28 heavy (non-hydrogen) atoms. The number of rotatable bonds is 2. The number of carbonyl (C=O) groups is 1. The molecule has 0 saturated carbocycles. The number of aromatic amines is 2. The predicted molar refractivity (Wildman–Crippen MR) is 123 cm³/mol. The minimum absolute atomic E-state index is 0.103. The zero-order valence-corrected chi connectivity index (χ0v) is 20.0. The first-order valence-corrected chi connectivity index (χ1v) is 11.0. The molecule has 5 nitrogen and oxygen atoms in total. The van der Waals surface area contributed by atoms with Crippen LogP contribution in [0, 0.1) is 0 Å². The van der Waals surface area contributed by atoms with Crippen molar-refractivity contribution in [3.63, 3.8) is 0 Å². The SMILES string of the molecule is O=C(c1cc2c(Br)cc(Br)cc2[nH]c1=O)c1cc2c(Br)cc(Br)cc2[nH]c1=O. The molecule has 0 aliphatic carbocycles. The van der Waals surface area contributed by atoms with E-state index in [9.17, 15) is 14.4 Å². The fraction of sp³-hybridized carbons (Fsp3) is 0. The molecule has 4 aromatic rings. The Hall–Kier alpha value is -1.55. The van der Waals surface area contributed by atoms with Crippen LogP contribution in [0.3, 0.4) is 0 Å². The number of halogens is 4. The number of ketones is 1. The molecule has 0 aliphatic heterocycles. The Morgan fingerprint density at radius 1 is 0.643 bits per heavy atom. The van der Waals surface area contributed by atoms with Gasteiger partial charge in [-0.1, -0.05) is 63.7 Å². The van der Waals surface area contributed by atoms with Crippen LogP contribution in [-0.4, -0.2) is 15.8 Å². The number of pyridine rings is 2. The van der Waals surface area contributed by atoms with Gasteiger partial charge in [-0.2, -0.15) is 0 Å². The number of hydrogen-bond donors (Lipinski definition) is 2. The molecule has 2 heterocycles. The second-order valence-corrected chi connectivity index (χ2v) is 9.59. The van der Waals surface area contributed by atoms with Gasteiger partial charge in [-0.15, -0.1) is 0 Å². The van der Waals surface area contributed by atoms with Crippen LogP contribution in [-0.2, 0) is 0 Å². The number of benzene rings is 2. The zero-order valence-electron chi connectivity index (χ0n) is 13.7. The van der Waals surface area contributed by atoms with Crippen LogP contribution in [0.2, 0.25) is 0 Å². The molecule has 0 fully saturated rings. The summed E-state index contributed by atoms with van der Waals surface area (Å²) in [6.45, 7) is 0. The molecule has 4 rings (SSSR count). The van der Waals surface area contributed by atoms with E-state index in [0.717, 1.165) is 8.95 Å². The van der Waals surface area contributed by atoms with Crippen molar-refractivity contribution in [2.45, 2.75) is 0 Å². The Labute approximate surface area is 191 Å². The molecule has 2 N–H and O–H groups in total. The van der Waals surface area contributed by atoms with Gasteiger partial charge in [0.25, 0.3) is 11.1 Å². The number of H-pyrrole nitrogens is 2. The quantitative estimate of drug-likeness (QED) is 0.281. The van der Waals surface area contributed by atoms with Gasteiger partial charge in [-0.25, -0.2) is 0 Å². The van der Waals surface area contributed by atoms with Crippen molar-refractivity contribution < 1.29 is 4.79 Å². The van der Waals surface area contributed by atoms with Crippen molar-refractivity contribution in [1.82, 2.24) is 9.97 Å². The molecule has 0 unspecified atom stereocenters. The van der Waals surface area contributed by atoms with Gasteiger partial charge in [-0.3, -0.25) is 14.4 Å². The predicted octanol–water partition coefficient (Wildman–Crippen LogP) is 5.65. The van der Waals surface area contributed by atoms with Crippen LogP contribution in [0.15, 0.2) is 63.9 Å². The first-order chi connectivity index (χ1) is 13.2. The fourth-order valence-electron chi connectivity index (χ4n) is 2.95. The van der Waals surface area contributed by atoms with E-state index in [4.69, 9.17) is 0 Å². The Morgan fingerprint density at radius 3 is 1.43 bits per heavy atom. The Balaban J connectivity index is 1.95. The topological polar surface area (TPSA) is 82.8 Å². The number of aromatic nitrogens is 2. The van der Waals surface area contributed by atoms with Crippen molar-refractivity contribution in [2.75, 3.05) is 0 Å². The van der Waals surface area contributed by atoms with E-state index in [1.807, 2.05) is 12.1 Å². The molecule has 140 valence electrons. The molecule has 9 heteroatoms. The number of carbonyl (C=O) groups excluding carboxylic acids is 1. The summed E-state index contributed by atoms with van der Waals surface area (Å²) in [5, 5.41) is 1.32. The third kappa shape index (κ3) is 3.45. The molecular weight excluding hydrogens is 624 g/mol. The molecular formula is C19H8Br4N2O3. The third-order valence-electron chi connectivity index (χ3n) is 4.24. The van der Waals surface area contributed by atoms with E-state index in [0.29, 0.717) is 30.8 Å². The van der Waals surface area contributed by atoms with Crippen LogP contribution in [0.5, 0.6) is 0 Å². The van der Waals surface area contributed by atoms with E-state index in [1.54, 1.807) is 12.1 Å². The molecule has 2 aromatic heterocycles. The highest BCUT2D eigenvalue weighted by Gasteiger charge is 2.19. The average Bonchev–Trinajstić information content (AvgIpc) is 2.59. The summed E-state index contributed by atoms with van der Waals surface area (Å²) in [5.74, 6) is -0.643. The molecule has 0 amide bonds. The second-order valence-electron chi connectivity index (χ2n) is 6.05. The van der Waals surface area contributed by atoms with Crippen LogP contribution < -0.4 is 11.1 Å². The molecule has 0 radical (unpaired) electrons. The summed E-state index contributed by atoms with van der Waals surface area (Å²) in [7, 11) is 0. The van der Waals surface area contributed by atoms with Crippen LogP contribution >= 0.6 is 63.7 Å². The van der Waals surface area contributed by atoms with Gasteiger partial charge in [0, 0.05) is 28.7 Å². The highest BCUT2D eigenvalue weighted by molar-refractivity contribution is 9.11. The highest BCUT2D eigenvalue weighted by Crippen LogP contribution is 2.29. The molecule has 0 atom stereocenters. The average molecular weight is 632 g/mol. The van der Waals surface area contributed by atoms with Gasteiger partial charge >= 0.3 is 0 Å². The minimum Gasteiger partial charge on any atom is -0.321 e. The van der Waals surface area contributed by atoms with Crippen molar-refractivity contribution in [2.24, 2.45) is 0 Å². The monoisotopic (exact) mass is 628 g/mol. The Bertz CT molecular complexity index is 1320. The van der Waals surface area contributed by atoms with Gasteiger partial charge in [-0.05, 0) is 36.4 Å². The van der Waals surface area contributed by atoms with E-state index in [1.165, 1.54) is 12.1 Å². The second kappa shape index (κ2) is 7.37. The van der Waals surface area contributed by atoms with E-state index in [2.05, 4.69) is 73.7 Å². The van der Waals surface area contributed by atoms with E-state index < -0.39 is 16.9 Å². The van der Waals surface area contributed by atoms with Crippen molar-refractivity contribution >= 4 is 91.3 Å². The maximum absolute atomic E-state index is 13.0. The fourth-order valence-corrected chi connectivity index (χ4v) is 5.63. The third-order valence-corrected chi connectivity index (χ3v) is 6.47. The molecule has 0 spiro atoms. The highest BCUT2D eigenvalue weighted by atomic mass is 79.9. The smallest absolute Gasteiger partial charge is 0.259 e. The standard InChI is InChI=1S/C19H8Br4N2O3/c20-7-1-13(22)9-5-11(18(27)24-15(9)3-7)17(26)12-6-10-14(23)2-8(21)4-16(10)25-19(12)28/h1-6H,(H,24,27)(H,25,28). The molecule has 0 saturated heterocycles. The summed E-state index contributed by atoms with van der Waals surface area (Å²) in [5.41, 5.74) is -0.179. The van der Waals surface area contributed by atoms with Crippen molar-refractivity contribution in [1.29, 1.82) is 0 Å². The van der Waals surface area contributed by atoms with Crippen LogP contribution in [0.4, 0.5) is 0 Å². The first kappa shape index (κ1) is 19.8. The van der Waals surface area contributed by atoms with Gasteiger partial charge < -0.3 is 9.97 Å². The summed E-state index contributed by atoms with van der Waals surface area (Å²) in [4.78, 5) is 43.5. The zero-order chi connectivity index (χ0) is 20.2. The Morgan fingerprint density at radius 2 is 1.04 bits per heavy atom. The number of nitrogens with one attached hydrogen (secondary N) is 2. The number of fused-ring (bicyclic) bond motifs is 2. The van der Waals surface area contributed by atoms with Gasteiger partial charge in [0.15, 0.2) is 0 Å².